The lowest BCUT2D eigenvalue weighted by Gasteiger charge is -2.13. The number of benzene rings is 1. The third-order valence-electron chi connectivity index (χ3n) is 5.02. The molecule has 1 saturated carbocycles. The van der Waals surface area contributed by atoms with Crippen molar-refractivity contribution < 1.29 is 4.79 Å². The van der Waals surface area contributed by atoms with Gasteiger partial charge in [0.2, 0.25) is 5.91 Å². The van der Waals surface area contributed by atoms with Gasteiger partial charge < -0.3 is 16.0 Å². The van der Waals surface area contributed by atoms with E-state index in [1.165, 1.54) is 4.88 Å². The van der Waals surface area contributed by atoms with Gasteiger partial charge in [0.05, 0.1) is 17.2 Å². The lowest BCUT2D eigenvalue weighted by Crippen LogP contribution is -2.36. The fourth-order valence-corrected chi connectivity index (χ4v) is 4.38. The van der Waals surface area contributed by atoms with Crippen LogP contribution >= 0.6 is 35.3 Å². The highest BCUT2D eigenvalue weighted by molar-refractivity contribution is 14.0. The van der Waals surface area contributed by atoms with Crippen molar-refractivity contribution in [2.24, 2.45) is 10.9 Å². The molecule has 0 atom stereocenters. The molecular formula is C21H30IN5OS. The number of carbonyl (C=O) groups excluding carboxylic acids is 1. The highest BCUT2D eigenvalue weighted by atomic mass is 127. The minimum absolute atomic E-state index is 0. The lowest BCUT2D eigenvalue weighted by molar-refractivity contribution is -0.119. The molecule has 158 valence electrons. The number of halogens is 1. The first-order chi connectivity index (χ1) is 13.5. The van der Waals surface area contributed by atoms with Crippen LogP contribution in [0.2, 0.25) is 0 Å². The molecular weight excluding hydrogens is 497 g/mol. The Bertz CT molecular complexity index is 845. The Morgan fingerprint density at radius 2 is 1.93 bits per heavy atom. The summed E-state index contributed by atoms with van der Waals surface area (Å²) in [6, 6.07) is 7.98. The van der Waals surface area contributed by atoms with Gasteiger partial charge in [-0.3, -0.25) is 9.79 Å². The third-order valence-corrected chi connectivity index (χ3v) is 6.09. The van der Waals surface area contributed by atoms with Gasteiger partial charge >= 0.3 is 0 Å². The zero-order valence-corrected chi connectivity index (χ0v) is 20.4. The van der Waals surface area contributed by atoms with E-state index in [0.29, 0.717) is 13.1 Å². The van der Waals surface area contributed by atoms with E-state index in [1.807, 2.05) is 38.1 Å². The van der Waals surface area contributed by atoms with E-state index < -0.39 is 0 Å². The van der Waals surface area contributed by atoms with Crippen molar-refractivity contribution in [3.8, 4) is 0 Å². The largest absolute Gasteiger partial charge is 0.352 e. The second-order valence-electron chi connectivity index (χ2n) is 7.19. The lowest BCUT2D eigenvalue weighted by atomic mass is 10.1. The smallest absolute Gasteiger partial charge is 0.227 e. The van der Waals surface area contributed by atoms with Crippen LogP contribution in [0.5, 0.6) is 0 Å². The van der Waals surface area contributed by atoms with Gasteiger partial charge in [-0.25, -0.2) is 4.98 Å². The van der Waals surface area contributed by atoms with Crippen molar-refractivity contribution in [2.45, 2.75) is 52.6 Å². The molecule has 6 nitrogen and oxygen atoms in total. The van der Waals surface area contributed by atoms with Gasteiger partial charge in [0.1, 0.15) is 0 Å². The molecule has 1 aliphatic rings. The van der Waals surface area contributed by atoms with Crippen molar-refractivity contribution in [2.75, 3.05) is 12.4 Å². The number of hydrogen-bond donors (Lipinski definition) is 3. The van der Waals surface area contributed by atoms with Crippen LogP contribution < -0.4 is 16.0 Å². The summed E-state index contributed by atoms with van der Waals surface area (Å²) in [7, 11) is 1.76. The Balaban J connectivity index is 0.00000300. The maximum atomic E-state index is 12.3. The molecule has 0 saturated heterocycles. The van der Waals surface area contributed by atoms with Crippen molar-refractivity contribution >= 4 is 52.9 Å². The molecule has 0 spiro atoms. The number of aryl methyl sites for hydroxylation is 2. The molecule has 0 bridgehead atoms. The van der Waals surface area contributed by atoms with E-state index >= 15 is 0 Å². The van der Waals surface area contributed by atoms with Gasteiger partial charge in [-0.2, -0.15) is 0 Å². The summed E-state index contributed by atoms with van der Waals surface area (Å²) in [4.78, 5) is 22.3. The molecule has 1 heterocycles. The number of aromatic nitrogens is 1. The van der Waals surface area contributed by atoms with Crippen LogP contribution in [-0.2, 0) is 17.9 Å². The number of carbonyl (C=O) groups is 1. The first-order valence-corrected chi connectivity index (χ1v) is 10.6. The average molecular weight is 527 g/mol. The summed E-state index contributed by atoms with van der Waals surface area (Å²) >= 11 is 1.70. The quantitative estimate of drug-likeness (QED) is 0.296. The van der Waals surface area contributed by atoms with E-state index in [0.717, 1.165) is 53.6 Å². The summed E-state index contributed by atoms with van der Waals surface area (Å²) in [5, 5.41) is 10.8. The van der Waals surface area contributed by atoms with Gasteiger partial charge in [-0.1, -0.05) is 25.0 Å². The van der Waals surface area contributed by atoms with Crippen molar-refractivity contribution in [1.29, 1.82) is 0 Å². The van der Waals surface area contributed by atoms with E-state index in [4.69, 9.17) is 0 Å². The first-order valence-electron chi connectivity index (χ1n) is 9.82. The predicted octanol–water partition coefficient (Wildman–Crippen LogP) is 4.37. The van der Waals surface area contributed by atoms with Gasteiger partial charge in [-0.05, 0) is 44.4 Å². The molecule has 8 heteroatoms. The zero-order chi connectivity index (χ0) is 19.9. The molecule has 1 aliphatic carbocycles. The van der Waals surface area contributed by atoms with Crippen LogP contribution in [0.15, 0.2) is 29.3 Å². The van der Waals surface area contributed by atoms with Gasteiger partial charge in [0, 0.05) is 30.1 Å². The van der Waals surface area contributed by atoms with Gasteiger partial charge in [0.25, 0.3) is 0 Å². The molecule has 1 amide bonds. The van der Waals surface area contributed by atoms with Crippen molar-refractivity contribution in [1.82, 2.24) is 15.6 Å². The van der Waals surface area contributed by atoms with Crippen molar-refractivity contribution in [3.05, 3.63) is 45.4 Å². The summed E-state index contributed by atoms with van der Waals surface area (Å²) in [5.74, 6) is 1.06. The number of thiazole rings is 1. The number of nitrogens with one attached hydrogen (secondary N) is 3. The summed E-state index contributed by atoms with van der Waals surface area (Å²) in [6.07, 6.45) is 4.34. The molecule has 3 N–H and O–H groups in total. The Labute approximate surface area is 194 Å². The second kappa shape index (κ2) is 11.5. The Kier molecular flexibility index (Phi) is 9.35. The molecule has 1 aromatic carbocycles. The van der Waals surface area contributed by atoms with Crippen LogP contribution in [0.1, 0.15) is 46.8 Å². The number of rotatable bonds is 6. The highest BCUT2D eigenvalue weighted by Crippen LogP contribution is 2.26. The molecule has 2 aromatic rings. The standard InChI is InChI=1S/C21H29N5OS.HI/c1-14-19(28-15(2)25-14)13-24-21(22-3)23-12-16-7-6-10-18(11-16)26-20(27)17-8-4-5-9-17;/h6-7,10-11,17H,4-5,8-9,12-13H2,1-3H3,(H,26,27)(H2,22,23,24);1H. The normalized spacial score (nSPS) is 14.4. The summed E-state index contributed by atoms with van der Waals surface area (Å²) in [6.45, 7) is 5.39. The Morgan fingerprint density at radius 3 is 2.59 bits per heavy atom. The van der Waals surface area contributed by atoms with E-state index in [1.54, 1.807) is 18.4 Å². The van der Waals surface area contributed by atoms with Gasteiger partial charge in [-0.15, -0.1) is 35.3 Å². The topological polar surface area (TPSA) is 78.4 Å². The molecule has 0 aliphatic heterocycles. The maximum Gasteiger partial charge on any atom is 0.227 e. The fourth-order valence-electron chi connectivity index (χ4n) is 3.50. The molecule has 0 radical (unpaired) electrons. The Hall–Kier alpha value is -1.68. The van der Waals surface area contributed by atoms with Crippen LogP contribution in [0.25, 0.3) is 0 Å². The maximum absolute atomic E-state index is 12.3. The van der Waals surface area contributed by atoms with Crippen LogP contribution in [0, 0.1) is 19.8 Å². The predicted molar refractivity (Wildman–Crippen MR) is 131 cm³/mol. The molecule has 1 aromatic heterocycles. The SMILES string of the molecule is CN=C(NCc1cccc(NC(=O)C2CCCC2)c1)NCc1sc(C)nc1C.I. The number of aliphatic imine (C=N–C) groups is 1. The number of anilines is 1. The molecule has 1 fully saturated rings. The second-order valence-corrected chi connectivity index (χ2v) is 8.48. The van der Waals surface area contributed by atoms with E-state index in [9.17, 15) is 4.79 Å². The van der Waals surface area contributed by atoms with E-state index in [2.05, 4.69) is 25.9 Å². The molecule has 29 heavy (non-hydrogen) atoms. The monoisotopic (exact) mass is 527 g/mol. The van der Waals surface area contributed by atoms with Crippen molar-refractivity contribution in [3.63, 3.8) is 0 Å². The minimum Gasteiger partial charge on any atom is -0.352 e. The minimum atomic E-state index is 0. The first kappa shape index (κ1) is 23.6. The molecule has 0 unspecified atom stereocenters. The fraction of sp³-hybridized carbons (Fsp3) is 0.476. The van der Waals surface area contributed by atoms with Crippen LogP contribution in [-0.4, -0.2) is 23.9 Å². The van der Waals surface area contributed by atoms with Crippen LogP contribution in [0.3, 0.4) is 0 Å². The summed E-state index contributed by atoms with van der Waals surface area (Å²) < 4.78 is 0. The molecule has 3 rings (SSSR count). The third kappa shape index (κ3) is 6.95. The number of nitrogens with zero attached hydrogens (tertiary/aromatic N) is 2. The van der Waals surface area contributed by atoms with Crippen LogP contribution in [0.4, 0.5) is 5.69 Å². The number of amides is 1. The van der Waals surface area contributed by atoms with E-state index in [-0.39, 0.29) is 35.8 Å². The highest BCUT2D eigenvalue weighted by Gasteiger charge is 2.22. The average Bonchev–Trinajstić information content (AvgIpc) is 3.32. The van der Waals surface area contributed by atoms with Gasteiger partial charge in [0.15, 0.2) is 5.96 Å². The number of hydrogen-bond acceptors (Lipinski definition) is 4. The zero-order valence-electron chi connectivity index (χ0n) is 17.2. The number of guanidine groups is 1. The Morgan fingerprint density at radius 1 is 1.21 bits per heavy atom. The summed E-state index contributed by atoms with van der Waals surface area (Å²) in [5.41, 5.74) is 3.02.